The van der Waals surface area contributed by atoms with E-state index in [-0.39, 0.29) is 10.8 Å². The van der Waals surface area contributed by atoms with Crippen molar-refractivity contribution >= 4 is 23.2 Å². The number of phenols is 1. The normalized spacial score (nSPS) is 18.1. The molecular formula is C13H15Cl2F3N2O. The summed E-state index contributed by atoms with van der Waals surface area (Å²) in [6.07, 6.45) is -4.17. The molecule has 1 aromatic rings. The van der Waals surface area contributed by atoms with Gasteiger partial charge in [0.25, 0.3) is 0 Å². The van der Waals surface area contributed by atoms with Gasteiger partial charge in [0.1, 0.15) is 5.75 Å². The van der Waals surface area contributed by atoms with Crippen LogP contribution >= 0.6 is 23.2 Å². The minimum Gasteiger partial charge on any atom is -0.506 e. The molecule has 8 heteroatoms. The molecule has 1 aliphatic heterocycles. The highest BCUT2D eigenvalue weighted by Gasteiger charge is 2.32. The number of alkyl halides is 3. The van der Waals surface area contributed by atoms with Gasteiger partial charge in [-0.2, -0.15) is 13.2 Å². The fourth-order valence-electron chi connectivity index (χ4n) is 2.34. The Morgan fingerprint density at radius 2 is 1.62 bits per heavy atom. The highest BCUT2D eigenvalue weighted by Crippen LogP contribution is 2.32. The first-order valence-electron chi connectivity index (χ1n) is 6.43. The number of phenolic OH excluding ortho intramolecular Hbond substituents is 1. The van der Waals surface area contributed by atoms with Crippen LogP contribution in [0.1, 0.15) is 5.56 Å². The summed E-state index contributed by atoms with van der Waals surface area (Å²) in [5.41, 5.74) is 0.580. The van der Waals surface area contributed by atoms with Crippen LogP contribution in [-0.4, -0.2) is 53.8 Å². The molecule has 1 N–H and O–H groups in total. The van der Waals surface area contributed by atoms with Crippen molar-refractivity contribution in [3.05, 3.63) is 27.7 Å². The SMILES string of the molecule is Oc1c(Cl)cc(Cl)cc1CN1CCN(CC(F)(F)F)CC1. The van der Waals surface area contributed by atoms with Crippen LogP contribution in [-0.2, 0) is 6.54 Å². The average Bonchev–Trinajstić information content (AvgIpc) is 2.36. The van der Waals surface area contributed by atoms with E-state index in [1.165, 1.54) is 11.0 Å². The lowest BCUT2D eigenvalue weighted by molar-refractivity contribution is -0.149. The Labute approximate surface area is 130 Å². The molecule has 0 radical (unpaired) electrons. The van der Waals surface area contributed by atoms with Gasteiger partial charge in [-0.25, -0.2) is 0 Å². The summed E-state index contributed by atoms with van der Waals surface area (Å²) in [7, 11) is 0. The van der Waals surface area contributed by atoms with Crippen molar-refractivity contribution in [3.8, 4) is 5.75 Å². The summed E-state index contributed by atoms with van der Waals surface area (Å²) in [6, 6.07) is 3.06. The number of aromatic hydroxyl groups is 1. The molecule has 1 aliphatic rings. The molecule has 0 bridgehead atoms. The summed E-state index contributed by atoms with van der Waals surface area (Å²) in [6.45, 7) is 1.21. The van der Waals surface area contributed by atoms with E-state index in [0.717, 1.165) is 0 Å². The van der Waals surface area contributed by atoms with Crippen molar-refractivity contribution in [1.29, 1.82) is 0 Å². The first-order chi connectivity index (χ1) is 9.74. The predicted molar refractivity (Wildman–Crippen MR) is 75.9 cm³/mol. The van der Waals surface area contributed by atoms with Crippen molar-refractivity contribution in [2.24, 2.45) is 0 Å². The standard InChI is InChI=1S/C13H15Cl2F3N2O/c14-10-5-9(12(21)11(15)6-10)7-19-1-3-20(4-2-19)8-13(16,17)18/h5-6,21H,1-4,7-8H2. The number of nitrogens with zero attached hydrogens (tertiary/aromatic N) is 2. The summed E-state index contributed by atoms with van der Waals surface area (Å²) in [5, 5.41) is 10.5. The topological polar surface area (TPSA) is 26.7 Å². The molecule has 21 heavy (non-hydrogen) atoms. The molecule has 0 saturated carbocycles. The van der Waals surface area contributed by atoms with Crippen molar-refractivity contribution < 1.29 is 18.3 Å². The van der Waals surface area contributed by atoms with Crippen molar-refractivity contribution in [1.82, 2.24) is 9.80 Å². The van der Waals surface area contributed by atoms with Crippen LogP contribution < -0.4 is 0 Å². The van der Waals surface area contributed by atoms with Gasteiger partial charge in [-0.15, -0.1) is 0 Å². The van der Waals surface area contributed by atoms with Gasteiger partial charge in [-0.05, 0) is 12.1 Å². The molecule has 0 spiro atoms. The lowest BCUT2D eigenvalue weighted by Crippen LogP contribution is -2.48. The van der Waals surface area contributed by atoms with Gasteiger partial charge in [-0.1, -0.05) is 23.2 Å². The number of hydrogen-bond donors (Lipinski definition) is 1. The fraction of sp³-hybridized carbons (Fsp3) is 0.538. The third-order valence-electron chi connectivity index (χ3n) is 3.37. The highest BCUT2D eigenvalue weighted by atomic mass is 35.5. The summed E-state index contributed by atoms with van der Waals surface area (Å²) < 4.78 is 36.9. The van der Waals surface area contributed by atoms with Gasteiger partial charge in [-0.3, -0.25) is 9.80 Å². The van der Waals surface area contributed by atoms with Gasteiger partial charge in [0, 0.05) is 43.3 Å². The number of rotatable bonds is 3. The lowest BCUT2D eigenvalue weighted by Gasteiger charge is -2.35. The largest absolute Gasteiger partial charge is 0.506 e. The first kappa shape index (κ1) is 16.7. The van der Waals surface area contributed by atoms with E-state index in [9.17, 15) is 18.3 Å². The highest BCUT2D eigenvalue weighted by molar-refractivity contribution is 6.35. The lowest BCUT2D eigenvalue weighted by atomic mass is 10.1. The van der Waals surface area contributed by atoms with Gasteiger partial charge >= 0.3 is 6.18 Å². The van der Waals surface area contributed by atoms with Crippen molar-refractivity contribution in [2.75, 3.05) is 32.7 Å². The Kier molecular flexibility index (Phi) is 5.24. The van der Waals surface area contributed by atoms with Gasteiger partial charge in [0.2, 0.25) is 0 Å². The van der Waals surface area contributed by atoms with Crippen LogP contribution in [0.5, 0.6) is 5.75 Å². The molecule has 0 aliphatic carbocycles. The predicted octanol–water partition coefficient (Wildman–Crippen LogP) is 3.38. The maximum absolute atomic E-state index is 12.3. The smallest absolute Gasteiger partial charge is 0.401 e. The second-order valence-electron chi connectivity index (χ2n) is 5.06. The maximum atomic E-state index is 12.3. The van der Waals surface area contributed by atoms with Crippen LogP contribution in [0.25, 0.3) is 0 Å². The van der Waals surface area contributed by atoms with E-state index in [4.69, 9.17) is 23.2 Å². The summed E-state index contributed by atoms with van der Waals surface area (Å²) >= 11 is 11.7. The van der Waals surface area contributed by atoms with Crippen molar-refractivity contribution in [2.45, 2.75) is 12.7 Å². The van der Waals surface area contributed by atoms with Crippen LogP contribution in [0.2, 0.25) is 10.0 Å². The van der Waals surface area contributed by atoms with Crippen LogP contribution in [0, 0.1) is 0 Å². The van der Waals surface area contributed by atoms with Crippen LogP contribution in [0.4, 0.5) is 13.2 Å². The first-order valence-corrected chi connectivity index (χ1v) is 7.18. The summed E-state index contributed by atoms with van der Waals surface area (Å²) in [4.78, 5) is 3.34. The molecule has 2 rings (SSSR count). The zero-order valence-electron chi connectivity index (χ0n) is 11.1. The Morgan fingerprint density at radius 1 is 1.05 bits per heavy atom. The number of piperazine rings is 1. The molecule has 3 nitrogen and oxygen atoms in total. The molecule has 0 aromatic heterocycles. The molecule has 1 saturated heterocycles. The third kappa shape index (κ3) is 4.92. The molecule has 0 atom stereocenters. The van der Waals surface area contributed by atoms with E-state index in [1.54, 1.807) is 6.07 Å². The van der Waals surface area contributed by atoms with Gasteiger partial charge in [0.15, 0.2) is 0 Å². The van der Waals surface area contributed by atoms with E-state index < -0.39 is 12.7 Å². The van der Waals surface area contributed by atoms with Gasteiger partial charge in [0.05, 0.1) is 11.6 Å². The second-order valence-corrected chi connectivity index (χ2v) is 5.91. The fourth-order valence-corrected chi connectivity index (χ4v) is 2.88. The molecular weight excluding hydrogens is 328 g/mol. The Hall–Kier alpha value is -0.690. The zero-order chi connectivity index (χ0) is 15.6. The molecule has 118 valence electrons. The summed E-state index contributed by atoms with van der Waals surface area (Å²) in [5.74, 6) is -0.0289. The number of benzene rings is 1. The number of hydrogen-bond acceptors (Lipinski definition) is 3. The minimum absolute atomic E-state index is 0.0289. The van der Waals surface area contributed by atoms with E-state index in [2.05, 4.69) is 0 Å². The zero-order valence-corrected chi connectivity index (χ0v) is 12.6. The number of halogens is 5. The monoisotopic (exact) mass is 342 g/mol. The molecule has 0 amide bonds. The third-order valence-corrected chi connectivity index (χ3v) is 3.88. The quantitative estimate of drug-likeness (QED) is 0.912. The van der Waals surface area contributed by atoms with E-state index in [1.807, 2.05) is 4.90 Å². The van der Waals surface area contributed by atoms with Crippen LogP contribution in [0.3, 0.4) is 0 Å². The van der Waals surface area contributed by atoms with E-state index in [0.29, 0.717) is 43.3 Å². The molecule has 1 aromatic carbocycles. The van der Waals surface area contributed by atoms with Crippen LogP contribution in [0.15, 0.2) is 12.1 Å². The maximum Gasteiger partial charge on any atom is 0.401 e. The molecule has 0 unspecified atom stereocenters. The minimum atomic E-state index is -4.17. The second kappa shape index (κ2) is 6.60. The molecule has 1 heterocycles. The van der Waals surface area contributed by atoms with E-state index >= 15 is 0 Å². The Morgan fingerprint density at radius 3 is 2.19 bits per heavy atom. The molecule has 1 fully saturated rings. The Bertz CT molecular complexity index is 503. The van der Waals surface area contributed by atoms with Gasteiger partial charge < -0.3 is 5.11 Å². The Balaban J connectivity index is 1.92. The van der Waals surface area contributed by atoms with Crippen molar-refractivity contribution in [3.63, 3.8) is 0 Å². The average molecular weight is 343 g/mol.